The molecule has 3 aromatic rings. The molecule has 37 heavy (non-hydrogen) atoms. The van der Waals surface area contributed by atoms with Crippen molar-refractivity contribution in [2.75, 3.05) is 12.3 Å². The lowest BCUT2D eigenvalue weighted by Gasteiger charge is -2.33. The molecule has 0 radical (unpaired) electrons. The van der Waals surface area contributed by atoms with E-state index >= 15 is 0 Å². The van der Waals surface area contributed by atoms with Gasteiger partial charge in [0.15, 0.2) is 5.16 Å². The van der Waals surface area contributed by atoms with E-state index in [1.165, 1.54) is 53.4 Å². The number of hydrogen-bond donors (Lipinski definition) is 0. The van der Waals surface area contributed by atoms with Gasteiger partial charge in [-0.3, -0.25) is 14.2 Å². The summed E-state index contributed by atoms with van der Waals surface area (Å²) in [6, 6.07) is 8.71. The second-order valence-corrected chi connectivity index (χ2v) is 12.5. The standard InChI is InChI=1S/C30H39N3O2S2/c1-3-5-11-21-16-18-23(19-17-21)33-29(35)27-24-14-9-10-15-25(24)37-28(27)31-30(33)36-20-26(34)32(4-2)22-12-7-6-8-13-22/h16-19,22H,3-15,20H2,1-2H3. The SMILES string of the molecule is CCCCc1ccc(-n2c(SCC(=O)N(CC)C3CCCCC3)nc3sc4c(c3c2=O)CCCC4)cc1. The third-order valence-electron chi connectivity index (χ3n) is 7.97. The minimum atomic E-state index is 0.0142. The van der Waals surface area contributed by atoms with Gasteiger partial charge in [-0.15, -0.1) is 11.3 Å². The van der Waals surface area contributed by atoms with Gasteiger partial charge >= 0.3 is 0 Å². The van der Waals surface area contributed by atoms with E-state index in [0.717, 1.165) is 73.8 Å². The highest BCUT2D eigenvalue weighted by atomic mass is 32.2. The molecule has 0 bridgehead atoms. The van der Waals surface area contributed by atoms with E-state index in [4.69, 9.17) is 4.98 Å². The maximum Gasteiger partial charge on any atom is 0.267 e. The van der Waals surface area contributed by atoms with Gasteiger partial charge in [-0.2, -0.15) is 0 Å². The Morgan fingerprint density at radius 1 is 1.08 bits per heavy atom. The van der Waals surface area contributed by atoms with Crippen molar-refractivity contribution in [1.29, 1.82) is 0 Å². The molecular weight excluding hydrogens is 498 g/mol. The number of amides is 1. The second-order valence-electron chi connectivity index (χ2n) is 10.5. The summed E-state index contributed by atoms with van der Waals surface area (Å²) in [7, 11) is 0. The van der Waals surface area contributed by atoms with Gasteiger partial charge in [0.25, 0.3) is 5.56 Å². The molecule has 1 aromatic carbocycles. The lowest BCUT2D eigenvalue weighted by Crippen LogP contribution is -2.42. The molecule has 1 fully saturated rings. The number of benzene rings is 1. The minimum Gasteiger partial charge on any atom is -0.339 e. The number of aryl methyl sites for hydroxylation is 3. The number of carbonyl (C=O) groups excluding carboxylic acids is 1. The molecule has 0 saturated heterocycles. The summed E-state index contributed by atoms with van der Waals surface area (Å²) in [6.07, 6.45) is 13.6. The third kappa shape index (κ3) is 5.68. The van der Waals surface area contributed by atoms with Gasteiger partial charge in [0.2, 0.25) is 5.91 Å². The monoisotopic (exact) mass is 537 g/mol. The molecule has 0 aliphatic heterocycles. The van der Waals surface area contributed by atoms with Crippen LogP contribution in [0, 0.1) is 0 Å². The highest BCUT2D eigenvalue weighted by molar-refractivity contribution is 7.99. The Kier molecular flexibility index (Phi) is 8.71. The van der Waals surface area contributed by atoms with Crippen molar-refractivity contribution in [3.05, 3.63) is 50.6 Å². The Balaban J connectivity index is 1.49. The van der Waals surface area contributed by atoms with Gasteiger partial charge in [-0.25, -0.2) is 4.98 Å². The zero-order chi connectivity index (χ0) is 25.8. The molecule has 5 rings (SSSR count). The maximum absolute atomic E-state index is 14.0. The fraction of sp³-hybridized carbons (Fsp3) is 0.567. The van der Waals surface area contributed by atoms with Crippen molar-refractivity contribution < 1.29 is 4.79 Å². The number of rotatable bonds is 9. The maximum atomic E-state index is 14.0. The lowest BCUT2D eigenvalue weighted by atomic mass is 9.94. The summed E-state index contributed by atoms with van der Waals surface area (Å²) in [5.41, 5.74) is 3.35. The average Bonchev–Trinajstić information content (AvgIpc) is 3.31. The van der Waals surface area contributed by atoms with Crippen LogP contribution < -0.4 is 5.56 Å². The molecule has 7 heteroatoms. The van der Waals surface area contributed by atoms with Gasteiger partial charge in [-0.05, 0) is 81.5 Å². The molecule has 0 N–H and O–H groups in total. The number of nitrogens with zero attached hydrogens (tertiary/aromatic N) is 3. The van der Waals surface area contributed by atoms with Crippen molar-refractivity contribution in [2.24, 2.45) is 0 Å². The van der Waals surface area contributed by atoms with Crippen LogP contribution >= 0.6 is 23.1 Å². The van der Waals surface area contributed by atoms with Crippen molar-refractivity contribution in [2.45, 2.75) is 102 Å². The average molecular weight is 538 g/mol. The molecule has 2 aliphatic carbocycles. The predicted molar refractivity (Wildman–Crippen MR) is 155 cm³/mol. The second kappa shape index (κ2) is 12.2. The molecule has 0 atom stereocenters. The van der Waals surface area contributed by atoms with E-state index in [0.29, 0.717) is 17.0 Å². The zero-order valence-corrected chi connectivity index (χ0v) is 23.9. The summed E-state index contributed by atoms with van der Waals surface area (Å²) in [5.74, 6) is 0.461. The van der Waals surface area contributed by atoms with Crippen LogP contribution in [0.4, 0.5) is 0 Å². The van der Waals surface area contributed by atoms with Crippen LogP contribution in [-0.4, -0.2) is 38.7 Å². The van der Waals surface area contributed by atoms with Crippen molar-refractivity contribution in [3.63, 3.8) is 0 Å². The smallest absolute Gasteiger partial charge is 0.267 e. The number of carbonyl (C=O) groups is 1. The highest BCUT2D eigenvalue weighted by Crippen LogP contribution is 2.35. The fourth-order valence-corrected chi connectivity index (χ4v) is 8.14. The quantitative estimate of drug-likeness (QED) is 0.219. The number of thioether (sulfide) groups is 1. The van der Waals surface area contributed by atoms with Crippen LogP contribution in [0.3, 0.4) is 0 Å². The first-order chi connectivity index (χ1) is 18.1. The number of thiophene rings is 1. The summed E-state index contributed by atoms with van der Waals surface area (Å²) in [5, 5.41) is 1.42. The van der Waals surface area contributed by atoms with Crippen LogP contribution in [0.25, 0.3) is 15.9 Å². The summed E-state index contributed by atoms with van der Waals surface area (Å²) >= 11 is 3.10. The van der Waals surface area contributed by atoms with Crippen LogP contribution in [0.2, 0.25) is 0 Å². The molecule has 1 amide bonds. The molecule has 0 unspecified atom stereocenters. The Morgan fingerprint density at radius 2 is 1.84 bits per heavy atom. The van der Waals surface area contributed by atoms with E-state index < -0.39 is 0 Å². The molecule has 2 heterocycles. The number of hydrogen-bond acceptors (Lipinski definition) is 5. The first-order valence-corrected chi connectivity index (χ1v) is 16.0. The fourth-order valence-electron chi connectivity index (χ4n) is 5.94. The van der Waals surface area contributed by atoms with E-state index in [9.17, 15) is 9.59 Å². The molecule has 0 spiro atoms. The van der Waals surface area contributed by atoms with E-state index in [1.807, 2.05) is 12.1 Å². The van der Waals surface area contributed by atoms with Crippen LogP contribution in [-0.2, 0) is 24.1 Å². The highest BCUT2D eigenvalue weighted by Gasteiger charge is 2.26. The van der Waals surface area contributed by atoms with E-state index in [1.54, 1.807) is 15.9 Å². The number of fused-ring (bicyclic) bond motifs is 3. The number of aromatic nitrogens is 2. The van der Waals surface area contributed by atoms with Gasteiger partial charge in [0.1, 0.15) is 4.83 Å². The van der Waals surface area contributed by atoms with Crippen LogP contribution in [0.5, 0.6) is 0 Å². The topological polar surface area (TPSA) is 55.2 Å². The van der Waals surface area contributed by atoms with Gasteiger partial charge in [-0.1, -0.05) is 56.5 Å². The first kappa shape index (κ1) is 26.5. The summed E-state index contributed by atoms with van der Waals surface area (Å²) in [4.78, 5) is 36.6. The summed E-state index contributed by atoms with van der Waals surface area (Å²) in [6.45, 7) is 5.02. The van der Waals surface area contributed by atoms with Crippen molar-refractivity contribution in [1.82, 2.24) is 14.5 Å². The molecule has 5 nitrogen and oxygen atoms in total. The van der Waals surface area contributed by atoms with Crippen molar-refractivity contribution in [3.8, 4) is 5.69 Å². The normalized spacial score (nSPS) is 16.2. The zero-order valence-electron chi connectivity index (χ0n) is 22.3. The largest absolute Gasteiger partial charge is 0.339 e. The molecule has 198 valence electrons. The molecule has 2 aromatic heterocycles. The van der Waals surface area contributed by atoms with E-state index in [-0.39, 0.29) is 11.5 Å². The Labute approximate surface area is 228 Å². The van der Waals surface area contributed by atoms with E-state index in [2.05, 4.69) is 30.9 Å². The first-order valence-electron chi connectivity index (χ1n) is 14.2. The lowest BCUT2D eigenvalue weighted by molar-refractivity contribution is -0.131. The third-order valence-corrected chi connectivity index (χ3v) is 10.1. The Morgan fingerprint density at radius 3 is 2.57 bits per heavy atom. The van der Waals surface area contributed by atoms with Gasteiger partial charge in [0, 0.05) is 17.5 Å². The molecular formula is C30H39N3O2S2. The van der Waals surface area contributed by atoms with Crippen LogP contribution in [0.15, 0.2) is 34.2 Å². The molecule has 1 saturated carbocycles. The Hall–Kier alpha value is -2.12. The van der Waals surface area contributed by atoms with Crippen LogP contribution in [0.1, 0.15) is 87.6 Å². The van der Waals surface area contributed by atoms with Crippen molar-refractivity contribution >= 4 is 39.2 Å². The van der Waals surface area contributed by atoms with Gasteiger partial charge < -0.3 is 4.90 Å². The Bertz CT molecular complexity index is 1290. The number of unbranched alkanes of at least 4 members (excludes halogenated alkanes) is 1. The molecule has 2 aliphatic rings. The summed E-state index contributed by atoms with van der Waals surface area (Å²) < 4.78 is 1.77. The van der Waals surface area contributed by atoms with Gasteiger partial charge in [0.05, 0.1) is 16.8 Å². The minimum absolute atomic E-state index is 0.0142. The predicted octanol–water partition coefficient (Wildman–Crippen LogP) is 6.94.